The summed E-state index contributed by atoms with van der Waals surface area (Å²) in [6.07, 6.45) is 0.902. The number of aromatic nitrogens is 1. The van der Waals surface area contributed by atoms with Crippen LogP contribution in [0.4, 0.5) is 5.69 Å². The fourth-order valence-corrected chi connectivity index (χ4v) is 4.26. The third-order valence-electron chi connectivity index (χ3n) is 5.22. The van der Waals surface area contributed by atoms with Crippen molar-refractivity contribution in [3.63, 3.8) is 0 Å². The molecule has 4 heteroatoms. The summed E-state index contributed by atoms with van der Waals surface area (Å²) < 4.78 is 2.11. The molecule has 0 saturated heterocycles. The summed E-state index contributed by atoms with van der Waals surface area (Å²) in [5.41, 5.74) is 5.10. The molecule has 128 valence electrons. The van der Waals surface area contributed by atoms with Crippen LogP contribution in [0.2, 0.25) is 5.02 Å². The molecule has 0 fully saturated rings. The van der Waals surface area contributed by atoms with Crippen molar-refractivity contribution >= 4 is 34.1 Å². The van der Waals surface area contributed by atoms with Crippen LogP contribution < -0.4 is 4.90 Å². The van der Waals surface area contributed by atoms with Crippen LogP contribution in [0, 0.1) is 6.92 Å². The number of fused-ring (bicyclic) bond motifs is 2. The van der Waals surface area contributed by atoms with Crippen molar-refractivity contribution in [3.8, 4) is 0 Å². The minimum absolute atomic E-state index is 0.0733. The largest absolute Gasteiger partial charge is 0.337 e. The Bertz CT molecular complexity index is 989. The van der Waals surface area contributed by atoms with Gasteiger partial charge >= 0.3 is 0 Å². The normalized spacial score (nSPS) is 16.5. The van der Waals surface area contributed by atoms with Gasteiger partial charge in [0, 0.05) is 34.2 Å². The van der Waals surface area contributed by atoms with Gasteiger partial charge in [0.15, 0.2) is 0 Å². The first-order chi connectivity index (χ1) is 12.0. The van der Waals surface area contributed by atoms with Gasteiger partial charge in [-0.1, -0.05) is 29.8 Å². The molecule has 1 atom stereocenters. The van der Waals surface area contributed by atoms with Crippen molar-refractivity contribution in [1.29, 1.82) is 0 Å². The standard InChI is InChI=1S/C21H21ClN2O/c1-4-23-19-10-9-16(22)12-17(19)14(3)20(23)21(25)24-13(2)11-15-7-5-6-8-18(15)24/h5-10,12-13H,4,11H2,1-3H3. The Labute approximate surface area is 152 Å². The van der Waals surface area contributed by atoms with Crippen molar-refractivity contribution < 1.29 is 4.79 Å². The van der Waals surface area contributed by atoms with Crippen LogP contribution >= 0.6 is 11.6 Å². The number of hydrogen-bond acceptors (Lipinski definition) is 1. The fraction of sp³-hybridized carbons (Fsp3) is 0.286. The number of para-hydroxylation sites is 1. The Morgan fingerprint density at radius 1 is 1.24 bits per heavy atom. The zero-order valence-corrected chi connectivity index (χ0v) is 15.5. The number of benzene rings is 2. The first kappa shape index (κ1) is 16.2. The molecular weight excluding hydrogens is 332 g/mol. The van der Waals surface area contributed by atoms with Crippen LogP contribution in [-0.4, -0.2) is 16.5 Å². The average molecular weight is 353 g/mol. The second kappa shape index (κ2) is 5.92. The molecule has 0 aliphatic carbocycles. The summed E-state index contributed by atoms with van der Waals surface area (Å²) >= 11 is 6.19. The van der Waals surface area contributed by atoms with Gasteiger partial charge in [0.05, 0.1) is 0 Å². The molecule has 1 aliphatic heterocycles. The van der Waals surface area contributed by atoms with Crippen LogP contribution in [0.15, 0.2) is 42.5 Å². The van der Waals surface area contributed by atoms with Gasteiger partial charge in [-0.05, 0) is 62.6 Å². The number of hydrogen-bond donors (Lipinski definition) is 0. The number of anilines is 1. The molecule has 0 N–H and O–H groups in total. The third kappa shape index (κ3) is 2.37. The molecule has 4 rings (SSSR count). The van der Waals surface area contributed by atoms with E-state index in [9.17, 15) is 4.79 Å². The maximum absolute atomic E-state index is 13.5. The number of carbonyl (C=O) groups excluding carboxylic acids is 1. The van der Waals surface area contributed by atoms with E-state index in [1.807, 2.05) is 48.2 Å². The number of amides is 1. The van der Waals surface area contributed by atoms with Crippen molar-refractivity contribution in [2.24, 2.45) is 0 Å². The Hall–Kier alpha value is -2.26. The summed E-state index contributed by atoms with van der Waals surface area (Å²) in [5.74, 6) is 0.0733. The first-order valence-corrected chi connectivity index (χ1v) is 9.10. The van der Waals surface area contributed by atoms with Gasteiger partial charge in [-0.2, -0.15) is 0 Å². The van der Waals surface area contributed by atoms with E-state index >= 15 is 0 Å². The van der Waals surface area contributed by atoms with Crippen molar-refractivity contribution in [2.75, 3.05) is 4.90 Å². The molecule has 0 bridgehead atoms. The fourth-order valence-electron chi connectivity index (χ4n) is 4.09. The van der Waals surface area contributed by atoms with Crippen molar-refractivity contribution in [2.45, 2.75) is 39.8 Å². The predicted octanol–water partition coefficient (Wildman–Crippen LogP) is 5.21. The van der Waals surface area contributed by atoms with E-state index in [1.165, 1.54) is 5.56 Å². The molecule has 1 amide bonds. The Kier molecular flexibility index (Phi) is 3.84. The highest BCUT2D eigenvalue weighted by atomic mass is 35.5. The van der Waals surface area contributed by atoms with E-state index < -0.39 is 0 Å². The molecule has 2 heterocycles. The summed E-state index contributed by atoms with van der Waals surface area (Å²) in [4.78, 5) is 15.5. The van der Waals surface area contributed by atoms with Gasteiger partial charge < -0.3 is 9.47 Å². The molecule has 1 unspecified atom stereocenters. The summed E-state index contributed by atoms with van der Waals surface area (Å²) in [7, 11) is 0. The van der Waals surface area contributed by atoms with Crippen LogP contribution in [0.1, 0.15) is 35.5 Å². The minimum atomic E-state index is 0.0733. The lowest BCUT2D eigenvalue weighted by molar-refractivity contribution is 0.0972. The molecule has 0 saturated carbocycles. The number of halogens is 1. The highest BCUT2D eigenvalue weighted by Gasteiger charge is 2.34. The van der Waals surface area contributed by atoms with Gasteiger partial charge in [-0.15, -0.1) is 0 Å². The molecule has 0 radical (unpaired) electrons. The summed E-state index contributed by atoms with van der Waals surface area (Å²) in [5, 5.41) is 1.75. The van der Waals surface area contributed by atoms with E-state index in [-0.39, 0.29) is 11.9 Å². The lowest BCUT2D eigenvalue weighted by atomic mass is 10.1. The van der Waals surface area contributed by atoms with Gasteiger partial charge in [0.2, 0.25) is 0 Å². The zero-order valence-electron chi connectivity index (χ0n) is 14.7. The lowest BCUT2D eigenvalue weighted by Gasteiger charge is -2.24. The summed E-state index contributed by atoms with van der Waals surface area (Å²) in [6, 6.07) is 14.2. The maximum atomic E-state index is 13.5. The maximum Gasteiger partial charge on any atom is 0.275 e. The molecule has 25 heavy (non-hydrogen) atoms. The predicted molar refractivity (Wildman–Crippen MR) is 104 cm³/mol. The van der Waals surface area contributed by atoms with Crippen LogP contribution in [0.5, 0.6) is 0 Å². The Morgan fingerprint density at radius 3 is 2.76 bits per heavy atom. The second-order valence-electron chi connectivity index (χ2n) is 6.74. The van der Waals surface area contributed by atoms with E-state index in [1.54, 1.807) is 0 Å². The highest BCUT2D eigenvalue weighted by Crippen LogP contribution is 2.35. The molecule has 0 spiro atoms. The quantitative estimate of drug-likeness (QED) is 0.621. The van der Waals surface area contributed by atoms with Crippen LogP contribution in [0.3, 0.4) is 0 Å². The lowest BCUT2D eigenvalue weighted by Crippen LogP contribution is -2.37. The highest BCUT2D eigenvalue weighted by molar-refractivity contribution is 6.31. The Morgan fingerprint density at radius 2 is 2.00 bits per heavy atom. The number of nitrogens with zero attached hydrogens (tertiary/aromatic N) is 2. The van der Waals surface area contributed by atoms with Gasteiger partial charge in [0.1, 0.15) is 5.69 Å². The smallest absolute Gasteiger partial charge is 0.275 e. The molecule has 2 aromatic carbocycles. The number of carbonyl (C=O) groups is 1. The number of aryl methyl sites for hydroxylation is 2. The monoisotopic (exact) mass is 352 g/mol. The van der Waals surface area contributed by atoms with Crippen molar-refractivity contribution in [3.05, 3.63) is 64.3 Å². The van der Waals surface area contributed by atoms with Crippen LogP contribution in [0.25, 0.3) is 10.9 Å². The Balaban J connectivity index is 1.90. The molecular formula is C21H21ClN2O. The summed E-state index contributed by atoms with van der Waals surface area (Å²) in [6.45, 7) is 6.95. The van der Waals surface area contributed by atoms with Gasteiger partial charge in [-0.25, -0.2) is 0 Å². The van der Waals surface area contributed by atoms with E-state index in [0.717, 1.165) is 40.8 Å². The average Bonchev–Trinajstić information content (AvgIpc) is 3.08. The van der Waals surface area contributed by atoms with Gasteiger partial charge in [-0.3, -0.25) is 4.79 Å². The van der Waals surface area contributed by atoms with Crippen LogP contribution in [-0.2, 0) is 13.0 Å². The van der Waals surface area contributed by atoms with E-state index in [0.29, 0.717) is 5.02 Å². The molecule has 1 aromatic heterocycles. The number of rotatable bonds is 2. The second-order valence-corrected chi connectivity index (χ2v) is 7.17. The van der Waals surface area contributed by atoms with E-state index in [2.05, 4.69) is 24.5 Å². The third-order valence-corrected chi connectivity index (χ3v) is 5.46. The van der Waals surface area contributed by atoms with E-state index in [4.69, 9.17) is 11.6 Å². The molecule has 3 nitrogen and oxygen atoms in total. The zero-order chi connectivity index (χ0) is 17.7. The minimum Gasteiger partial charge on any atom is -0.337 e. The molecule has 3 aromatic rings. The topological polar surface area (TPSA) is 25.2 Å². The molecule has 1 aliphatic rings. The van der Waals surface area contributed by atoms with Gasteiger partial charge in [0.25, 0.3) is 5.91 Å². The van der Waals surface area contributed by atoms with Crippen molar-refractivity contribution in [1.82, 2.24) is 4.57 Å². The first-order valence-electron chi connectivity index (χ1n) is 8.72. The SMILES string of the molecule is CCn1c(C(=O)N2c3ccccc3CC2C)c(C)c2cc(Cl)ccc21.